The first-order valence-electron chi connectivity index (χ1n) is 25.9. The normalized spacial score (nSPS) is 14.5. The molecule has 0 aliphatic heterocycles. The average molecular weight is 1250 g/mol. The third-order valence-electron chi connectivity index (χ3n) is 11.9. The van der Waals surface area contributed by atoms with Crippen LogP contribution in [0, 0.1) is 0 Å². The monoisotopic (exact) mass is 1250 g/mol. The number of carboxylic acids is 3. The topological polar surface area (TPSA) is 625 Å². The standard InChI is InChI=1S/C48H67N15O23S/c49-48-62-40-36(47(86)63-48)56-22(16-54-40)15-52-21-5-3-20(4-6-21)41(80)50-8-1-2-28(68)53-17-29(69)57-25(14-33(75)76)44(83)61-35(39(79)38(78)27(67)19-65)46(85)59-23(12-31(71)72)42(81)55-18-30(70)58-24(13-32(73)74)43(82)60-34(45(84)51-9-11-87)37(77)26(66)7-10-64/h3-6,16,23-27,34-35,37-39,52,64-67,77-79,87H,1-2,7-15,17-19H2,(H,50,80)(H,51,84)(H,53,68)(H,55,81)(H,57,69)(H,58,70)(H,59,85)(H,60,82)(H,61,83)(H,71,72)(H,73,74)(H,75,76)(H3,49,54,62,63,86)/t23-,24-,25-,26+,27+,34-,35-,37-,38+,39+/m0/s1. The van der Waals surface area contributed by atoms with Crippen LogP contribution in [0.15, 0.2) is 35.3 Å². The van der Waals surface area contributed by atoms with Crippen molar-refractivity contribution in [3.05, 3.63) is 52.1 Å². The molecule has 23 N–H and O–H groups in total. The zero-order valence-electron chi connectivity index (χ0n) is 45.7. The van der Waals surface area contributed by atoms with E-state index in [1.165, 1.54) is 18.3 Å². The minimum Gasteiger partial charge on any atom is -0.481 e. The average Bonchev–Trinajstić information content (AvgIpc) is 3.64. The van der Waals surface area contributed by atoms with Gasteiger partial charge in [0.2, 0.25) is 53.2 Å². The van der Waals surface area contributed by atoms with Crippen molar-refractivity contribution in [2.24, 2.45) is 0 Å². The zero-order valence-corrected chi connectivity index (χ0v) is 46.6. The predicted octanol–water partition coefficient (Wildman–Crippen LogP) is -10.3. The Morgan fingerprint density at radius 1 is 0.598 bits per heavy atom. The van der Waals surface area contributed by atoms with E-state index in [2.05, 4.69) is 53.8 Å². The number of aromatic amines is 1. The summed E-state index contributed by atoms with van der Waals surface area (Å²) in [5.41, 5.74) is 6.24. The molecule has 0 unspecified atom stereocenters. The molecule has 2 heterocycles. The lowest BCUT2D eigenvalue weighted by Gasteiger charge is -2.31. The van der Waals surface area contributed by atoms with Crippen molar-refractivity contribution < 1.29 is 109 Å². The number of hydrogen-bond donors (Lipinski definition) is 23. The molecule has 0 bridgehead atoms. The van der Waals surface area contributed by atoms with Crippen LogP contribution in [0.25, 0.3) is 11.2 Å². The number of carboxylic acid groups (broad SMARTS) is 3. The number of anilines is 2. The van der Waals surface area contributed by atoms with Crippen molar-refractivity contribution in [3.8, 4) is 0 Å². The Hall–Kier alpha value is -9.25. The SMILES string of the molecule is Nc1nc2ncc(CNc3ccc(C(=O)NCCCC(=O)NCC(=O)N[C@@H](CC(=O)O)C(=O)N[C@H](C(=O)N[C@@H](CC(=O)O)C(=O)NCC(=O)N[C@@H](CC(=O)O)C(=O)N[C@H](C(=O)NCCS)[C@@H](O)[C@H](O)CCO)[C@@H](O)[C@H](O)[C@H](O)CO)cc3)nc2c(=O)[nH]1. The van der Waals surface area contributed by atoms with E-state index >= 15 is 0 Å². The first-order valence-corrected chi connectivity index (χ1v) is 26.6. The van der Waals surface area contributed by atoms with Gasteiger partial charge in [-0.15, -0.1) is 0 Å². The molecule has 38 nitrogen and oxygen atoms in total. The molecule has 0 saturated heterocycles. The number of aliphatic hydroxyl groups is 7. The highest BCUT2D eigenvalue weighted by molar-refractivity contribution is 7.80. The van der Waals surface area contributed by atoms with E-state index in [0.717, 1.165) is 0 Å². The number of rotatable bonds is 38. The molecular weight excluding hydrogens is 1190 g/mol. The van der Waals surface area contributed by atoms with E-state index in [1.54, 1.807) is 22.8 Å². The highest BCUT2D eigenvalue weighted by Crippen LogP contribution is 2.13. The molecule has 3 rings (SSSR count). The van der Waals surface area contributed by atoms with Crippen molar-refractivity contribution in [3.63, 3.8) is 0 Å². The number of aromatic nitrogens is 4. The number of fused-ring (bicyclic) bond motifs is 1. The Labute approximate surface area is 495 Å². The molecule has 0 spiro atoms. The van der Waals surface area contributed by atoms with Gasteiger partial charge >= 0.3 is 17.9 Å². The number of carbonyl (C=O) groups is 12. The van der Waals surface area contributed by atoms with Crippen LogP contribution in [0.1, 0.15) is 54.6 Å². The Balaban J connectivity index is 1.63. The fourth-order valence-electron chi connectivity index (χ4n) is 7.47. The second kappa shape index (κ2) is 35.9. The van der Waals surface area contributed by atoms with Gasteiger partial charge in [-0.3, -0.25) is 67.3 Å². The highest BCUT2D eigenvalue weighted by atomic mass is 32.1. The second-order valence-electron chi connectivity index (χ2n) is 18.7. The summed E-state index contributed by atoms with van der Waals surface area (Å²) in [5, 5.41) is 121. The van der Waals surface area contributed by atoms with Crippen LogP contribution in [0.3, 0.4) is 0 Å². The van der Waals surface area contributed by atoms with Gasteiger partial charge in [0.05, 0.1) is 63.5 Å². The molecule has 478 valence electrons. The summed E-state index contributed by atoms with van der Waals surface area (Å²) in [6, 6.07) is -5.00. The van der Waals surface area contributed by atoms with Gasteiger partial charge in [0.25, 0.3) is 11.5 Å². The lowest BCUT2D eigenvalue weighted by atomic mass is 9.99. The lowest BCUT2D eigenvalue weighted by Crippen LogP contribution is -2.64. The van der Waals surface area contributed by atoms with Crippen molar-refractivity contribution in [1.82, 2.24) is 67.8 Å². The maximum Gasteiger partial charge on any atom is 0.305 e. The van der Waals surface area contributed by atoms with Gasteiger partial charge in [-0.1, -0.05) is 0 Å². The molecule has 87 heavy (non-hydrogen) atoms. The Morgan fingerprint density at radius 3 is 1.69 bits per heavy atom. The van der Waals surface area contributed by atoms with Crippen LogP contribution in [0.5, 0.6) is 0 Å². The van der Waals surface area contributed by atoms with Crippen molar-refractivity contribution >= 4 is 107 Å². The maximum atomic E-state index is 13.7. The molecule has 3 aromatic rings. The van der Waals surface area contributed by atoms with E-state index in [4.69, 9.17) is 10.8 Å². The minimum absolute atomic E-state index is 0.0106. The summed E-state index contributed by atoms with van der Waals surface area (Å²) < 4.78 is 0. The van der Waals surface area contributed by atoms with Crippen LogP contribution >= 0.6 is 12.6 Å². The van der Waals surface area contributed by atoms with Gasteiger partial charge in [-0.05, 0) is 37.1 Å². The number of nitrogens with one attached hydrogen (secondary N) is 11. The summed E-state index contributed by atoms with van der Waals surface area (Å²) in [4.78, 5) is 180. The fourth-order valence-corrected chi connectivity index (χ4v) is 7.58. The van der Waals surface area contributed by atoms with Crippen LogP contribution in [-0.4, -0.2) is 248 Å². The quantitative estimate of drug-likeness (QED) is 0.0187. The number of nitrogens with two attached hydrogens (primary N) is 1. The molecule has 0 radical (unpaired) electrons. The summed E-state index contributed by atoms with van der Waals surface area (Å²) in [6.07, 6.45) is -14.6. The summed E-state index contributed by atoms with van der Waals surface area (Å²) in [5.74, 6) is -16.7. The Morgan fingerprint density at radius 2 is 1.15 bits per heavy atom. The molecule has 0 aliphatic carbocycles. The molecule has 0 aliphatic rings. The molecule has 0 fully saturated rings. The Bertz CT molecular complexity index is 3000. The number of aliphatic hydroxyl groups excluding tert-OH is 7. The number of aliphatic carboxylic acids is 3. The van der Waals surface area contributed by atoms with E-state index < -0.39 is 189 Å². The summed E-state index contributed by atoms with van der Waals surface area (Å²) >= 11 is 3.92. The number of nitrogens with zero attached hydrogens (tertiary/aromatic N) is 3. The molecule has 0 saturated carbocycles. The van der Waals surface area contributed by atoms with Crippen LogP contribution < -0.4 is 64.5 Å². The van der Waals surface area contributed by atoms with Gasteiger partial charge in [-0.25, -0.2) is 9.97 Å². The van der Waals surface area contributed by atoms with Crippen LogP contribution in [-0.2, 0) is 59.3 Å². The lowest BCUT2D eigenvalue weighted by molar-refractivity contribution is -0.145. The van der Waals surface area contributed by atoms with Gasteiger partial charge in [0.15, 0.2) is 11.2 Å². The van der Waals surface area contributed by atoms with E-state index in [9.17, 15) is 108 Å². The smallest absolute Gasteiger partial charge is 0.305 e. The molecule has 1 aromatic carbocycles. The number of carbonyl (C=O) groups excluding carboxylic acids is 9. The number of benzene rings is 1. The van der Waals surface area contributed by atoms with Gasteiger partial charge < -0.3 is 110 Å². The first kappa shape index (κ1) is 72.0. The number of H-pyrrole nitrogens is 1. The third kappa shape index (κ3) is 24.3. The molecule has 39 heteroatoms. The predicted molar refractivity (Wildman–Crippen MR) is 296 cm³/mol. The molecular formula is C48H67N15O23S. The highest BCUT2D eigenvalue weighted by Gasteiger charge is 2.41. The van der Waals surface area contributed by atoms with Gasteiger partial charge in [-0.2, -0.15) is 17.6 Å². The molecule has 2 aromatic heterocycles. The maximum absolute atomic E-state index is 13.7. The zero-order chi connectivity index (χ0) is 65.1. The second-order valence-corrected chi connectivity index (χ2v) is 19.1. The largest absolute Gasteiger partial charge is 0.481 e. The van der Waals surface area contributed by atoms with Crippen LogP contribution in [0.4, 0.5) is 11.6 Å². The van der Waals surface area contributed by atoms with Gasteiger partial charge in [0, 0.05) is 43.1 Å². The number of amides is 9. The minimum atomic E-state index is -2.70. The van der Waals surface area contributed by atoms with Crippen molar-refractivity contribution in [2.45, 2.75) is 106 Å². The first-order chi connectivity index (χ1) is 41.1. The van der Waals surface area contributed by atoms with E-state index in [1.807, 2.05) is 21.3 Å². The van der Waals surface area contributed by atoms with E-state index in [-0.39, 0.29) is 60.9 Å². The summed E-state index contributed by atoms with van der Waals surface area (Å²) in [7, 11) is 0. The van der Waals surface area contributed by atoms with Crippen molar-refractivity contribution in [1.29, 1.82) is 0 Å². The fraction of sp³-hybridized carbons (Fsp3) is 0.500. The number of nitrogen functional groups attached to an aromatic ring is 1. The van der Waals surface area contributed by atoms with Gasteiger partial charge in [0.1, 0.15) is 54.6 Å². The van der Waals surface area contributed by atoms with Crippen molar-refractivity contribution in [2.75, 3.05) is 56.2 Å². The number of hydrogen-bond acceptors (Lipinski definition) is 26. The molecule has 9 amide bonds. The molecule has 10 atom stereocenters. The summed E-state index contributed by atoms with van der Waals surface area (Å²) in [6.45, 7) is -4.09. The van der Waals surface area contributed by atoms with Crippen LogP contribution in [0.2, 0.25) is 0 Å². The van der Waals surface area contributed by atoms with E-state index in [0.29, 0.717) is 11.4 Å². The third-order valence-corrected chi connectivity index (χ3v) is 12.1. The Kier molecular flexibility index (Phi) is 29.7. The number of thiol groups is 1.